The van der Waals surface area contributed by atoms with Crippen LogP contribution in [0.25, 0.3) is 0 Å². The third-order valence-electron chi connectivity index (χ3n) is 4.18. The summed E-state index contributed by atoms with van der Waals surface area (Å²) in [6.45, 7) is 4.09. The largest absolute Gasteiger partial charge is 3.00 e. The molecule has 0 saturated heterocycles. The van der Waals surface area contributed by atoms with E-state index in [9.17, 15) is 28.8 Å². The number of hydrogen-bond acceptors (Lipinski definition) is 6. The van der Waals surface area contributed by atoms with Crippen LogP contribution in [0.4, 0.5) is 0 Å². The van der Waals surface area contributed by atoms with Gasteiger partial charge in [0.2, 0.25) is 0 Å². The average Bonchev–Trinajstić information content (AvgIpc) is 2.85. The van der Waals surface area contributed by atoms with Crippen molar-refractivity contribution in [3.05, 3.63) is 127 Å². The molecule has 3 aromatic carbocycles. The molecule has 0 aliphatic carbocycles. The Kier molecular flexibility index (Phi) is 16.1. The van der Waals surface area contributed by atoms with E-state index in [0.717, 1.165) is 19.3 Å². The first-order chi connectivity index (χ1) is 17.1. The Bertz CT molecular complexity index is 1020. The van der Waals surface area contributed by atoms with Crippen molar-refractivity contribution in [1.82, 2.24) is 0 Å². The van der Waals surface area contributed by atoms with E-state index in [1.54, 1.807) is 72.8 Å². The summed E-state index contributed by atoms with van der Waals surface area (Å²) in [5, 5.41) is 0. The Morgan fingerprint density at radius 3 is 0.757 bits per heavy atom. The Morgan fingerprint density at radius 1 is 0.405 bits per heavy atom. The van der Waals surface area contributed by atoms with E-state index in [4.69, 9.17) is 0 Å². The standard InChI is InChI=1S/3C10H9O2.Fe/c3*1-8(11)7-10(12)9-5-3-2-4-6-9;/h3*2-7H,1H3;/q3*-1;+3. The van der Waals surface area contributed by atoms with Crippen LogP contribution in [0.1, 0.15) is 51.8 Å². The van der Waals surface area contributed by atoms with Crippen LogP contribution in [0.3, 0.4) is 0 Å². The molecule has 7 heteroatoms. The molecule has 0 amide bonds. The maximum absolute atomic E-state index is 11.2. The molecule has 0 aromatic heterocycles. The van der Waals surface area contributed by atoms with Crippen molar-refractivity contribution < 1.29 is 45.8 Å². The SMILES string of the molecule is CC(=O)[CH-]C(=O)c1ccccc1.CC(=O)[CH-]C(=O)c1ccccc1.CC(=O)[CH-]C(=O)c1ccccc1.[Fe+3]. The molecule has 0 aliphatic heterocycles. The van der Waals surface area contributed by atoms with Crippen molar-refractivity contribution in [2.24, 2.45) is 0 Å². The minimum atomic E-state index is -0.233. The summed E-state index contributed by atoms with van der Waals surface area (Å²) in [5.74, 6) is -1.36. The minimum Gasteiger partial charge on any atom is -0.331 e. The second-order valence-electron chi connectivity index (χ2n) is 7.46. The molecule has 0 heterocycles. The van der Waals surface area contributed by atoms with Gasteiger partial charge in [-0.15, -0.1) is 72.4 Å². The van der Waals surface area contributed by atoms with Gasteiger partial charge in [-0.1, -0.05) is 54.6 Å². The van der Waals surface area contributed by atoms with Crippen molar-refractivity contribution >= 4 is 34.7 Å². The Labute approximate surface area is 228 Å². The molecule has 6 nitrogen and oxygen atoms in total. The monoisotopic (exact) mass is 539 g/mol. The van der Waals surface area contributed by atoms with E-state index in [2.05, 4.69) is 0 Å². The third-order valence-corrected chi connectivity index (χ3v) is 4.18. The molecule has 0 aliphatic rings. The predicted octanol–water partition coefficient (Wildman–Crippen LogP) is 4.99. The van der Waals surface area contributed by atoms with Crippen LogP contribution in [-0.2, 0) is 31.5 Å². The van der Waals surface area contributed by atoms with Gasteiger partial charge in [-0.2, -0.15) is 0 Å². The Morgan fingerprint density at radius 2 is 0.595 bits per heavy atom. The molecule has 1 radical (unpaired) electrons. The molecule has 0 fully saturated rings. The first kappa shape index (κ1) is 32.8. The molecule has 191 valence electrons. The van der Waals surface area contributed by atoms with Crippen molar-refractivity contribution in [2.75, 3.05) is 0 Å². The molecule has 37 heavy (non-hydrogen) atoms. The fourth-order valence-corrected chi connectivity index (χ4v) is 2.61. The molecule has 0 atom stereocenters. The van der Waals surface area contributed by atoms with Gasteiger partial charge in [0.05, 0.1) is 17.3 Å². The maximum Gasteiger partial charge on any atom is 3.00 e. The number of rotatable bonds is 9. The number of benzene rings is 3. The van der Waals surface area contributed by atoms with E-state index < -0.39 is 0 Å². The van der Waals surface area contributed by atoms with Crippen LogP contribution < -0.4 is 0 Å². The number of Topliss-reactive ketones (excluding diaryl/α,β-unsaturated/α-hetero) is 6. The van der Waals surface area contributed by atoms with E-state index in [0.29, 0.717) is 16.7 Å². The van der Waals surface area contributed by atoms with E-state index >= 15 is 0 Å². The topological polar surface area (TPSA) is 102 Å². The molecule has 3 aromatic rings. The van der Waals surface area contributed by atoms with Crippen LogP contribution in [0, 0.1) is 19.3 Å². The number of carbonyl (C=O) groups is 6. The Hall–Kier alpha value is -4.19. The summed E-state index contributed by atoms with van der Waals surface area (Å²) in [4.78, 5) is 65.2. The van der Waals surface area contributed by atoms with Crippen LogP contribution in [0.15, 0.2) is 91.0 Å². The fraction of sp³-hybridized carbons (Fsp3) is 0.100. The van der Waals surface area contributed by atoms with Gasteiger partial charge in [0, 0.05) is 17.3 Å². The molecular weight excluding hydrogens is 512 g/mol. The quantitative estimate of drug-likeness (QED) is 0.164. The average molecular weight is 539 g/mol. The number of carbonyl (C=O) groups excluding carboxylic acids is 6. The number of ketones is 6. The van der Waals surface area contributed by atoms with Gasteiger partial charge in [0.15, 0.2) is 0 Å². The van der Waals surface area contributed by atoms with E-state index in [-0.39, 0.29) is 51.8 Å². The zero-order valence-electron chi connectivity index (χ0n) is 20.7. The van der Waals surface area contributed by atoms with Crippen LogP contribution in [0.5, 0.6) is 0 Å². The summed E-state index contributed by atoms with van der Waals surface area (Å²) >= 11 is 0. The maximum atomic E-state index is 11.2. The van der Waals surface area contributed by atoms with Crippen molar-refractivity contribution in [3.63, 3.8) is 0 Å². The number of hydrogen-bond donors (Lipinski definition) is 0. The molecule has 0 bridgehead atoms. The summed E-state index contributed by atoms with van der Waals surface area (Å²) in [7, 11) is 0. The molecule has 0 N–H and O–H groups in total. The Balaban J connectivity index is 0.000000518. The normalized spacial score (nSPS) is 8.84. The van der Waals surface area contributed by atoms with Crippen molar-refractivity contribution in [2.45, 2.75) is 20.8 Å². The summed E-state index contributed by atoms with van der Waals surface area (Å²) in [6.07, 6.45) is 3.28. The summed E-state index contributed by atoms with van der Waals surface area (Å²) in [6, 6.07) is 26.2. The van der Waals surface area contributed by atoms with Crippen LogP contribution >= 0.6 is 0 Å². The summed E-state index contributed by atoms with van der Waals surface area (Å²) in [5.41, 5.74) is 1.65. The molecule has 0 spiro atoms. The first-order valence-corrected chi connectivity index (χ1v) is 10.9. The van der Waals surface area contributed by atoms with E-state index in [1.165, 1.54) is 20.8 Å². The van der Waals surface area contributed by atoms with Gasteiger partial charge in [0.25, 0.3) is 0 Å². The second-order valence-corrected chi connectivity index (χ2v) is 7.46. The zero-order valence-corrected chi connectivity index (χ0v) is 21.8. The molecular formula is C30H27FeO6. The van der Waals surface area contributed by atoms with Gasteiger partial charge < -0.3 is 28.8 Å². The molecule has 0 saturated carbocycles. The van der Waals surface area contributed by atoms with Crippen LogP contribution in [-0.4, -0.2) is 34.7 Å². The van der Waals surface area contributed by atoms with Crippen molar-refractivity contribution in [3.8, 4) is 0 Å². The first-order valence-electron chi connectivity index (χ1n) is 10.9. The fourth-order valence-electron chi connectivity index (χ4n) is 2.61. The minimum absolute atomic E-state index is 0. The summed E-state index contributed by atoms with van der Waals surface area (Å²) < 4.78 is 0. The van der Waals surface area contributed by atoms with Gasteiger partial charge in [-0.25, -0.2) is 0 Å². The molecule has 0 unspecified atom stereocenters. The zero-order chi connectivity index (χ0) is 26.9. The van der Waals surface area contributed by atoms with Gasteiger partial charge in [-0.05, 0) is 20.8 Å². The smallest absolute Gasteiger partial charge is 0.331 e. The van der Waals surface area contributed by atoms with Gasteiger partial charge >= 0.3 is 17.1 Å². The second kappa shape index (κ2) is 18.1. The molecule has 3 rings (SSSR count). The van der Waals surface area contributed by atoms with E-state index in [1.807, 2.05) is 18.2 Å². The van der Waals surface area contributed by atoms with Crippen molar-refractivity contribution in [1.29, 1.82) is 0 Å². The third kappa shape index (κ3) is 14.7. The van der Waals surface area contributed by atoms with Gasteiger partial charge in [-0.3, -0.25) is 0 Å². The predicted molar refractivity (Wildman–Crippen MR) is 137 cm³/mol. The van der Waals surface area contributed by atoms with Crippen LogP contribution in [0.2, 0.25) is 0 Å². The van der Waals surface area contributed by atoms with Gasteiger partial charge in [0.1, 0.15) is 0 Å².